The molecule has 0 unspecified atom stereocenters. The molecule has 2 rings (SSSR count). The van der Waals surface area contributed by atoms with E-state index in [9.17, 15) is 4.79 Å². The molecule has 0 aliphatic heterocycles. The quantitative estimate of drug-likeness (QED) is 0.848. The van der Waals surface area contributed by atoms with E-state index in [4.69, 9.17) is 9.52 Å². The van der Waals surface area contributed by atoms with Crippen LogP contribution in [-0.4, -0.2) is 34.0 Å². The van der Waals surface area contributed by atoms with Crippen molar-refractivity contribution < 1.29 is 14.3 Å². The Labute approximate surface area is 124 Å². The zero-order valence-corrected chi connectivity index (χ0v) is 12.4. The monoisotopic (exact) mass is 288 g/mol. The van der Waals surface area contributed by atoms with Crippen LogP contribution in [0.2, 0.25) is 0 Å². The van der Waals surface area contributed by atoms with Crippen molar-refractivity contribution in [3.63, 3.8) is 0 Å². The van der Waals surface area contributed by atoms with Crippen LogP contribution in [0.3, 0.4) is 0 Å². The lowest BCUT2D eigenvalue weighted by Gasteiger charge is -2.17. The Balaban J connectivity index is 2.01. The van der Waals surface area contributed by atoms with E-state index in [0.29, 0.717) is 19.0 Å². The number of carboxylic acids is 1. The van der Waals surface area contributed by atoms with Crippen molar-refractivity contribution in [2.45, 2.75) is 26.8 Å². The largest absolute Gasteiger partial charge is 0.481 e. The van der Waals surface area contributed by atoms with E-state index >= 15 is 0 Å². The number of hydrogen-bond donors (Lipinski definition) is 1. The highest BCUT2D eigenvalue weighted by atomic mass is 16.4. The van der Waals surface area contributed by atoms with Gasteiger partial charge in [0.2, 0.25) is 5.89 Å². The molecule has 2 aromatic rings. The smallest absolute Gasteiger partial charge is 0.304 e. The Morgan fingerprint density at radius 2 is 2.05 bits per heavy atom. The first-order valence-electron chi connectivity index (χ1n) is 7.04. The molecular weight excluding hydrogens is 268 g/mol. The topological polar surface area (TPSA) is 66.6 Å². The number of carbonyl (C=O) groups is 1. The molecule has 0 saturated heterocycles. The van der Waals surface area contributed by atoms with Gasteiger partial charge >= 0.3 is 5.97 Å². The average Bonchev–Trinajstić information content (AvgIpc) is 2.92. The molecule has 0 aliphatic carbocycles. The van der Waals surface area contributed by atoms with Crippen LogP contribution in [-0.2, 0) is 11.3 Å². The van der Waals surface area contributed by atoms with Gasteiger partial charge in [-0.1, -0.05) is 24.6 Å². The first kappa shape index (κ1) is 15.3. The molecular formula is C16H20N2O3. The summed E-state index contributed by atoms with van der Waals surface area (Å²) in [6.07, 6.45) is 1.77. The lowest BCUT2D eigenvalue weighted by atomic mass is 10.1. The number of aryl methyl sites for hydroxylation is 1. The second kappa shape index (κ2) is 7.04. The minimum atomic E-state index is -0.783. The Morgan fingerprint density at radius 1 is 1.33 bits per heavy atom. The van der Waals surface area contributed by atoms with E-state index in [-0.39, 0.29) is 6.42 Å². The van der Waals surface area contributed by atoms with Crippen LogP contribution in [0.4, 0.5) is 0 Å². The SMILES string of the molecule is CCN(CCC(=O)O)Cc1coc(-c2ccc(C)cc2)n1. The highest BCUT2D eigenvalue weighted by molar-refractivity contribution is 5.66. The van der Waals surface area contributed by atoms with Crippen molar-refractivity contribution in [2.75, 3.05) is 13.1 Å². The van der Waals surface area contributed by atoms with E-state index in [1.807, 2.05) is 43.0 Å². The van der Waals surface area contributed by atoms with E-state index in [1.54, 1.807) is 6.26 Å². The van der Waals surface area contributed by atoms with Crippen molar-refractivity contribution in [3.05, 3.63) is 41.8 Å². The third kappa shape index (κ3) is 4.43. The summed E-state index contributed by atoms with van der Waals surface area (Å²) in [6, 6.07) is 7.99. The number of nitrogens with zero attached hydrogens (tertiary/aromatic N) is 2. The van der Waals surface area contributed by atoms with Gasteiger partial charge in [0.05, 0.1) is 12.1 Å². The van der Waals surface area contributed by atoms with Crippen LogP contribution >= 0.6 is 0 Å². The fourth-order valence-electron chi connectivity index (χ4n) is 2.04. The zero-order chi connectivity index (χ0) is 15.2. The van der Waals surface area contributed by atoms with Crippen LogP contribution < -0.4 is 0 Å². The molecule has 0 bridgehead atoms. The van der Waals surface area contributed by atoms with Gasteiger partial charge in [-0.25, -0.2) is 4.98 Å². The normalized spacial score (nSPS) is 11.0. The number of rotatable bonds is 7. The van der Waals surface area contributed by atoms with Crippen molar-refractivity contribution in [1.29, 1.82) is 0 Å². The number of carboxylic acid groups (broad SMARTS) is 1. The van der Waals surface area contributed by atoms with Crippen LogP contribution in [0, 0.1) is 6.92 Å². The lowest BCUT2D eigenvalue weighted by molar-refractivity contribution is -0.137. The van der Waals surface area contributed by atoms with Gasteiger partial charge in [0.25, 0.3) is 0 Å². The molecule has 1 aromatic heterocycles. The molecule has 112 valence electrons. The van der Waals surface area contributed by atoms with Gasteiger partial charge in [0.15, 0.2) is 0 Å². The van der Waals surface area contributed by atoms with Gasteiger partial charge in [-0.05, 0) is 25.6 Å². The van der Waals surface area contributed by atoms with E-state index in [0.717, 1.165) is 17.8 Å². The summed E-state index contributed by atoms with van der Waals surface area (Å²) in [5, 5.41) is 8.74. The number of benzene rings is 1. The molecule has 0 aliphatic rings. The minimum absolute atomic E-state index is 0.135. The average molecular weight is 288 g/mol. The molecule has 0 amide bonds. The Hall–Kier alpha value is -2.14. The second-order valence-corrected chi connectivity index (χ2v) is 5.02. The highest BCUT2D eigenvalue weighted by Crippen LogP contribution is 2.19. The van der Waals surface area contributed by atoms with E-state index < -0.39 is 5.97 Å². The molecule has 5 heteroatoms. The molecule has 5 nitrogen and oxygen atoms in total. The maximum absolute atomic E-state index is 10.6. The molecule has 21 heavy (non-hydrogen) atoms. The van der Waals surface area contributed by atoms with Crippen molar-refractivity contribution in [1.82, 2.24) is 9.88 Å². The fourth-order valence-corrected chi connectivity index (χ4v) is 2.04. The molecule has 1 aromatic carbocycles. The van der Waals surface area contributed by atoms with Crippen LogP contribution in [0.1, 0.15) is 24.6 Å². The van der Waals surface area contributed by atoms with E-state index in [1.165, 1.54) is 5.56 Å². The van der Waals surface area contributed by atoms with Crippen LogP contribution in [0.5, 0.6) is 0 Å². The molecule has 0 spiro atoms. The minimum Gasteiger partial charge on any atom is -0.481 e. The predicted octanol–water partition coefficient (Wildman–Crippen LogP) is 2.95. The van der Waals surface area contributed by atoms with Crippen LogP contribution in [0.25, 0.3) is 11.5 Å². The third-order valence-corrected chi connectivity index (χ3v) is 3.32. The van der Waals surface area contributed by atoms with Crippen molar-refractivity contribution in [2.24, 2.45) is 0 Å². The van der Waals surface area contributed by atoms with E-state index in [2.05, 4.69) is 4.98 Å². The summed E-state index contributed by atoms with van der Waals surface area (Å²) < 4.78 is 5.51. The molecule has 1 N–H and O–H groups in total. The van der Waals surface area contributed by atoms with Gasteiger partial charge < -0.3 is 9.52 Å². The van der Waals surface area contributed by atoms with Gasteiger partial charge in [-0.2, -0.15) is 0 Å². The summed E-state index contributed by atoms with van der Waals surface area (Å²) >= 11 is 0. The first-order chi connectivity index (χ1) is 10.1. The molecule has 0 fully saturated rings. The summed E-state index contributed by atoms with van der Waals surface area (Å²) in [4.78, 5) is 17.1. The molecule has 1 heterocycles. The number of aliphatic carboxylic acids is 1. The van der Waals surface area contributed by atoms with Crippen molar-refractivity contribution in [3.8, 4) is 11.5 Å². The number of hydrogen-bond acceptors (Lipinski definition) is 4. The molecule has 0 radical (unpaired) electrons. The summed E-state index contributed by atoms with van der Waals surface area (Å²) in [6.45, 7) is 5.92. The standard InChI is InChI=1S/C16H20N2O3/c1-3-18(9-8-15(19)20)10-14-11-21-16(17-14)13-6-4-12(2)5-7-13/h4-7,11H,3,8-10H2,1-2H3,(H,19,20). The van der Waals surface area contributed by atoms with Gasteiger partial charge in [-0.15, -0.1) is 0 Å². The first-order valence-corrected chi connectivity index (χ1v) is 7.04. The fraction of sp³-hybridized carbons (Fsp3) is 0.375. The second-order valence-electron chi connectivity index (χ2n) is 5.02. The van der Waals surface area contributed by atoms with Crippen molar-refractivity contribution >= 4 is 5.97 Å². The van der Waals surface area contributed by atoms with Gasteiger partial charge in [-0.3, -0.25) is 9.69 Å². The Kier molecular flexibility index (Phi) is 5.11. The summed E-state index contributed by atoms with van der Waals surface area (Å²) in [5.74, 6) is -0.187. The Morgan fingerprint density at radius 3 is 2.67 bits per heavy atom. The third-order valence-electron chi connectivity index (χ3n) is 3.32. The van der Waals surface area contributed by atoms with Gasteiger partial charge in [0.1, 0.15) is 6.26 Å². The zero-order valence-electron chi connectivity index (χ0n) is 12.4. The molecule has 0 saturated carbocycles. The number of aromatic nitrogens is 1. The van der Waals surface area contributed by atoms with Gasteiger partial charge in [0, 0.05) is 18.7 Å². The number of oxazole rings is 1. The highest BCUT2D eigenvalue weighted by Gasteiger charge is 2.11. The maximum atomic E-state index is 10.6. The predicted molar refractivity (Wildman–Crippen MR) is 79.9 cm³/mol. The Bertz CT molecular complexity index is 590. The summed E-state index contributed by atoms with van der Waals surface area (Å²) in [5.41, 5.74) is 2.95. The summed E-state index contributed by atoms with van der Waals surface area (Å²) in [7, 11) is 0. The maximum Gasteiger partial charge on any atom is 0.304 e. The lowest BCUT2D eigenvalue weighted by Crippen LogP contribution is -2.25. The van der Waals surface area contributed by atoms with Crippen LogP contribution in [0.15, 0.2) is 34.9 Å². The molecule has 0 atom stereocenters.